The van der Waals surface area contributed by atoms with E-state index in [1.54, 1.807) is 10.9 Å². The number of hydrogen-bond donors (Lipinski definition) is 1. The lowest BCUT2D eigenvalue weighted by Crippen LogP contribution is -2.67. The number of halogens is 1. The van der Waals surface area contributed by atoms with Crippen LogP contribution in [0.15, 0.2) is 6.20 Å². The highest BCUT2D eigenvalue weighted by atomic mass is 35.5. The zero-order valence-corrected chi connectivity index (χ0v) is 14.9. The molecule has 0 amide bonds. The van der Waals surface area contributed by atoms with Crippen molar-refractivity contribution in [3.8, 4) is 0 Å². The molecular weight excluding hydrogens is 354 g/mol. The average Bonchev–Trinajstić information content (AvgIpc) is 2.76. The Morgan fingerprint density at radius 3 is 2.67 bits per heavy atom. The van der Waals surface area contributed by atoms with Gasteiger partial charge in [-0.1, -0.05) is 0 Å². The molecule has 3 heterocycles. The first-order valence-electron chi connectivity index (χ1n) is 7.54. The van der Waals surface area contributed by atoms with E-state index in [2.05, 4.69) is 20.0 Å². The van der Waals surface area contributed by atoms with Crippen molar-refractivity contribution in [3.05, 3.63) is 11.5 Å². The third kappa shape index (κ3) is 2.36. The maximum Gasteiger partial charge on any atom is 0.276 e. The summed E-state index contributed by atoms with van der Waals surface area (Å²) in [5.74, 6) is 0.784. The fourth-order valence-electron chi connectivity index (χ4n) is 3.80. The van der Waals surface area contributed by atoms with Crippen LogP contribution in [-0.4, -0.2) is 58.7 Å². The number of nitrogens with zero attached hydrogens (tertiary/aromatic N) is 6. The minimum atomic E-state index is -3.62. The Balaban J connectivity index is 1.50. The van der Waals surface area contributed by atoms with Crippen molar-refractivity contribution in [1.82, 2.24) is 24.1 Å². The van der Waals surface area contributed by atoms with Gasteiger partial charge in [0.1, 0.15) is 5.82 Å². The molecule has 1 aliphatic heterocycles. The summed E-state index contributed by atoms with van der Waals surface area (Å²) in [6.07, 6.45) is 3.36. The Kier molecular flexibility index (Phi) is 3.34. The molecule has 1 saturated carbocycles. The van der Waals surface area contributed by atoms with Crippen molar-refractivity contribution in [1.29, 1.82) is 0 Å². The second kappa shape index (κ2) is 5.01. The number of nitrogens with two attached hydrogens (primary N) is 1. The second-order valence-electron chi connectivity index (χ2n) is 6.80. The van der Waals surface area contributed by atoms with Crippen LogP contribution in [0.3, 0.4) is 0 Å². The van der Waals surface area contributed by atoms with Crippen molar-refractivity contribution in [2.75, 3.05) is 25.0 Å². The maximum atomic E-state index is 11.4. The quantitative estimate of drug-likeness (QED) is 0.767. The minimum absolute atomic E-state index is 0.0189. The van der Waals surface area contributed by atoms with Crippen LogP contribution in [0.5, 0.6) is 0 Å². The highest BCUT2D eigenvalue weighted by Crippen LogP contribution is 2.51. The highest BCUT2D eigenvalue weighted by molar-refractivity contribution is 7.86. The van der Waals surface area contributed by atoms with Gasteiger partial charge in [0, 0.05) is 38.6 Å². The Morgan fingerprint density at radius 2 is 2.04 bits per heavy atom. The molecule has 9 nitrogen and oxygen atoms in total. The largest absolute Gasteiger partial charge is 0.355 e. The topological polar surface area (TPSA) is 110 Å². The third-order valence-electron chi connectivity index (χ3n) is 5.15. The van der Waals surface area contributed by atoms with Gasteiger partial charge in [0.2, 0.25) is 5.28 Å². The predicted octanol–water partition coefficient (Wildman–Crippen LogP) is 0.121. The van der Waals surface area contributed by atoms with Gasteiger partial charge in [-0.2, -0.15) is 27.8 Å². The molecule has 24 heavy (non-hydrogen) atoms. The molecule has 0 bridgehead atoms. The van der Waals surface area contributed by atoms with Crippen molar-refractivity contribution < 1.29 is 8.42 Å². The Bertz CT molecular complexity index is 914. The molecule has 1 saturated heterocycles. The summed E-state index contributed by atoms with van der Waals surface area (Å²) in [6, 6.07) is -0.0189. The number of aryl methyl sites for hydroxylation is 1. The second-order valence-corrected chi connectivity index (χ2v) is 8.74. The van der Waals surface area contributed by atoms with Gasteiger partial charge in [0.25, 0.3) is 10.2 Å². The van der Waals surface area contributed by atoms with Crippen molar-refractivity contribution in [2.24, 2.45) is 17.6 Å². The zero-order valence-electron chi connectivity index (χ0n) is 13.3. The number of anilines is 1. The Hall–Kier alpha value is -1.49. The number of fused-ring (bicyclic) bond motifs is 1. The zero-order chi connectivity index (χ0) is 17.3. The highest BCUT2D eigenvalue weighted by Gasteiger charge is 2.55. The van der Waals surface area contributed by atoms with Crippen LogP contribution < -0.4 is 10.0 Å². The molecule has 11 heteroatoms. The normalized spacial score (nSPS) is 20.6. The maximum absolute atomic E-state index is 11.4. The Labute approximate surface area is 144 Å². The molecule has 130 valence electrons. The van der Waals surface area contributed by atoms with Crippen LogP contribution in [0, 0.1) is 5.41 Å². The van der Waals surface area contributed by atoms with Crippen LogP contribution in [0.25, 0.3) is 11.0 Å². The molecule has 0 unspecified atom stereocenters. The average molecular weight is 372 g/mol. The third-order valence-corrected chi connectivity index (χ3v) is 6.42. The number of rotatable bonds is 3. The van der Waals surface area contributed by atoms with E-state index in [0.29, 0.717) is 5.65 Å². The van der Waals surface area contributed by atoms with Crippen LogP contribution in [0.4, 0.5) is 5.82 Å². The van der Waals surface area contributed by atoms with Crippen LogP contribution in [0.1, 0.15) is 12.8 Å². The van der Waals surface area contributed by atoms with Gasteiger partial charge >= 0.3 is 0 Å². The van der Waals surface area contributed by atoms with E-state index in [4.69, 9.17) is 16.7 Å². The number of hydrogen-bond acceptors (Lipinski definition) is 6. The monoisotopic (exact) mass is 371 g/mol. The first-order chi connectivity index (χ1) is 11.2. The predicted molar refractivity (Wildman–Crippen MR) is 89.9 cm³/mol. The van der Waals surface area contributed by atoms with E-state index in [1.807, 2.05) is 7.05 Å². The standard InChI is InChI=1S/C13H18ClN7O2S/c1-19-10-9(5-16-19)11(18-12(14)17-10)21-6-13(7-21)3-8(4-13)20(2)24(15,22)23/h5,8H,3-4,6-7H2,1-2H3,(H2,15,22,23). The van der Waals surface area contributed by atoms with Crippen LogP contribution in [-0.2, 0) is 17.3 Å². The lowest BCUT2D eigenvalue weighted by atomic mass is 9.60. The van der Waals surface area contributed by atoms with Crippen molar-refractivity contribution in [3.63, 3.8) is 0 Å². The van der Waals surface area contributed by atoms with E-state index in [0.717, 1.165) is 37.1 Å². The fourth-order valence-corrected chi connectivity index (χ4v) is 4.52. The molecular formula is C13H18ClN7O2S. The SMILES string of the molecule is CN(C1CC2(C1)CN(c1nc(Cl)nc3c1cnn3C)C2)S(N)(=O)=O. The fraction of sp³-hybridized carbons (Fsp3) is 0.615. The summed E-state index contributed by atoms with van der Waals surface area (Å²) >= 11 is 6.03. The van der Waals surface area contributed by atoms with Gasteiger partial charge in [0.05, 0.1) is 11.6 Å². The van der Waals surface area contributed by atoms with E-state index in [9.17, 15) is 8.42 Å². The molecule has 2 aromatic heterocycles. The summed E-state index contributed by atoms with van der Waals surface area (Å²) in [5, 5.41) is 10.5. The summed E-state index contributed by atoms with van der Waals surface area (Å²) in [5.41, 5.74) is 0.835. The van der Waals surface area contributed by atoms with E-state index in [1.165, 1.54) is 11.4 Å². The molecule has 1 aliphatic carbocycles. The molecule has 2 fully saturated rings. The minimum Gasteiger partial charge on any atom is -0.355 e. The van der Waals surface area contributed by atoms with Gasteiger partial charge in [-0.3, -0.25) is 4.68 Å². The number of aromatic nitrogens is 4. The van der Waals surface area contributed by atoms with Crippen molar-refractivity contribution in [2.45, 2.75) is 18.9 Å². The van der Waals surface area contributed by atoms with E-state index in [-0.39, 0.29) is 16.7 Å². The summed E-state index contributed by atoms with van der Waals surface area (Å²) in [7, 11) is -0.277. The summed E-state index contributed by atoms with van der Waals surface area (Å²) < 4.78 is 25.7. The first-order valence-corrected chi connectivity index (χ1v) is 9.43. The molecule has 4 rings (SSSR count). The van der Waals surface area contributed by atoms with Gasteiger partial charge < -0.3 is 4.90 Å². The van der Waals surface area contributed by atoms with Gasteiger partial charge in [-0.05, 0) is 24.4 Å². The molecule has 1 spiro atoms. The van der Waals surface area contributed by atoms with E-state index < -0.39 is 10.2 Å². The van der Waals surface area contributed by atoms with Gasteiger partial charge in [-0.25, -0.2) is 5.14 Å². The molecule has 2 aliphatic rings. The smallest absolute Gasteiger partial charge is 0.276 e. The van der Waals surface area contributed by atoms with Crippen molar-refractivity contribution >= 4 is 38.7 Å². The molecule has 2 N–H and O–H groups in total. The lowest BCUT2D eigenvalue weighted by Gasteiger charge is -2.60. The van der Waals surface area contributed by atoms with Gasteiger partial charge in [0.15, 0.2) is 5.65 Å². The van der Waals surface area contributed by atoms with E-state index >= 15 is 0 Å². The Morgan fingerprint density at radius 1 is 1.38 bits per heavy atom. The van der Waals surface area contributed by atoms with Gasteiger partial charge in [-0.15, -0.1) is 0 Å². The summed E-state index contributed by atoms with van der Waals surface area (Å²) in [6.45, 7) is 1.64. The first kappa shape index (κ1) is 16.0. The molecule has 2 aromatic rings. The lowest BCUT2D eigenvalue weighted by molar-refractivity contribution is 0.0207. The van der Waals surface area contributed by atoms with Crippen LogP contribution in [0.2, 0.25) is 5.28 Å². The molecule has 0 aromatic carbocycles. The molecule has 0 radical (unpaired) electrons. The molecule has 0 atom stereocenters. The van der Waals surface area contributed by atoms with Crippen LogP contribution >= 0.6 is 11.6 Å². The summed E-state index contributed by atoms with van der Waals surface area (Å²) in [4.78, 5) is 10.7.